The molecule has 4 heteroatoms. The molecule has 0 aromatic rings. The third kappa shape index (κ3) is 4.19. The summed E-state index contributed by atoms with van der Waals surface area (Å²) in [5, 5.41) is 0. The Hall–Kier alpha value is -1.06. The van der Waals surface area contributed by atoms with Gasteiger partial charge in [0.05, 0.1) is 5.41 Å². The van der Waals surface area contributed by atoms with Crippen LogP contribution in [0.1, 0.15) is 86.5 Å². The van der Waals surface area contributed by atoms with Gasteiger partial charge in [0.15, 0.2) is 6.61 Å². The molecule has 4 rings (SSSR count). The van der Waals surface area contributed by atoms with Crippen LogP contribution in [0.15, 0.2) is 0 Å². The number of carbonyl (C=O) groups is 2. The molecule has 0 radical (unpaired) electrons. The highest BCUT2D eigenvalue weighted by atomic mass is 16.6. The lowest BCUT2D eigenvalue weighted by Crippen LogP contribution is -2.61. The number of hydrogen-bond acceptors (Lipinski definition) is 4. The second kappa shape index (κ2) is 7.08. The van der Waals surface area contributed by atoms with Crippen molar-refractivity contribution in [1.82, 2.24) is 0 Å². The van der Waals surface area contributed by atoms with Crippen molar-refractivity contribution < 1.29 is 19.1 Å². The van der Waals surface area contributed by atoms with E-state index in [-0.39, 0.29) is 29.6 Å². The van der Waals surface area contributed by atoms with Crippen molar-refractivity contribution >= 4 is 11.9 Å². The third-order valence-electron chi connectivity index (χ3n) is 7.39. The number of carbonyl (C=O) groups excluding carboxylic acids is 2. The molecule has 4 bridgehead atoms. The molecule has 0 saturated heterocycles. The van der Waals surface area contributed by atoms with E-state index in [1.807, 2.05) is 20.8 Å². The fourth-order valence-corrected chi connectivity index (χ4v) is 6.01. The van der Waals surface area contributed by atoms with Gasteiger partial charge in [-0.3, -0.25) is 4.79 Å². The van der Waals surface area contributed by atoms with Gasteiger partial charge in [-0.05, 0) is 87.9 Å². The summed E-state index contributed by atoms with van der Waals surface area (Å²) in [6, 6.07) is 0. The molecule has 4 nitrogen and oxygen atoms in total. The van der Waals surface area contributed by atoms with Crippen LogP contribution < -0.4 is 0 Å². The van der Waals surface area contributed by atoms with Gasteiger partial charge in [0.1, 0.15) is 5.60 Å². The van der Waals surface area contributed by atoms with Crippen molar-refractivity contribution in [3.05, 3.63) is 0 Å². The summed E-state index contributed by atoms with van der Waals surface area (Å²) >= 11 is 0. The van der Waals surface area contributed by atoms with E-state index in [1.54, 1.807) is 0 Å². The average Bonchev–Trinajstić information content (AvgIpc) is 2.55. The zero-order valence-electron chi connectivity index (χ0n) is 18.1. The number of rotatable bonds is 6. The van der Waals surface area contributed by atoms with E-state index in [9.17, 15) is 9.59 Å². The Bertz CT molecular complexity index is 556. The third-order valence-corrected chi connectivity index (χ3v) is 7.39. The first-order valence-electron chi connectivity index (χ1n) is 10.8. The van der Waals surface area contributed by atoms with E-state index in [2.05, 4.69) is 20.8 Å². The Morgan fingerprint density at radius 1 is 0.926 bits per heavy atom. The lowest BCUT2D eigenvalue weighted by molar-refractivity contribution is -0.222. The maximum Gasteiger partial charge on any atom is 0.344 e. The Kier molecular flexibility index (Phi) is 5.42. The van der Waals surface area contributed by atoms with Crippen LogP contribution in [0.3, 0.4) is 0 Å². The molecule has 4 aliphatic carbocycles. The van der Waals surface area contributed by atoms with E-state index in [4.69, 9.17) is 9.47 Å². The standard InChI is InChI=1S/C23H38O4/c1-7-22(5,6)20(25)26-13-19(24)27-23(14-21(2,3)4)17-9-15-8-16(11-17)12-18(23)10-15/h15-18H,7-14H2,1-6H3. The van der Waals surface area contributed by atoms with Crippen LogP contribution in [0.25, 0.3) is 0 Å². The van der Waals surface area contributed by atoms with Crippen LogP contribution in [0, 0.1) is 34.5 Å². The molecule has 154 valence electrons. The lowest BCUT2D eigenvalue weighted by Gasteiger charge is -2.61. The van der Waals surface area contributed by atoms with Crippen LogP contribution in [0.2, 0.25) is 0 Å². The van der Waals surface area contributed by atoms with E-state index in [0.29, 0.717) is 18.3 Å². The molecular weight excluding hydrogens is 340 g/mol. The summed E-state index contributed by atoms with van der Waals surface area (Å²) in [6.45, 7) is 12.1. The van der Waals surface area contributed by atoms with Gasteiger partial charge in [0.25, 0.3) is 0 Å². The molecule has 4 saturated carbocycles. The Morgan fingerprint density at radius 3 is 1.89 bits per heavy atom. The first kappa shape index (κ1) is 20.7. The summed E-state index contributed by atoms with van der Waals surface area (Å²) in [5.41, 5.74) is -0.835. The van der Waals surface area contributed by atoms with Gasteiger partial charge in [-0.25, -0.2) is 4.79 Å². The van der Waals surface area contributed by atoms with Crippen LogP contribution in [-0.4, -0.2) is 24.1 Å². The summed E-state index contributed by atoms with van der Waals surface area (Å²) in [5.74, 6) is 1.90. The molecule has 0 amide bonds. The molecule has 0 aromatic carbocycles. The summed E-state index contributed by atoms with van der Waals surface area (Å²) in [6.07, 6.45) is 7.73. The van der Waals surface area contributed by atoms with Crippen molar-refractivity contribution in [2.75, 3.05) is 6.61 Å². The average molecular weight is 379 g/mol. The quantitative estimate of drug-likeness (QED) is 0.601. The van der Waals surface area contributed by atoms with Crippen molar-refractivity contribution in [3.8, 4) is 0 Å². The molecule has 27 heavy (non-hydrogen) atoms. The van der Waals surface area contributed by atoms with Crippen molar-refractivity contribution in [3.63, 3.8) is 0 Å². The van der Waals surface area contributed by atoms with Crippen molar-refractivity contribution in [1.29, 1.82) is 0 Å². The van der Waals surface area contributed by atoms with Gasteiger partial charge in [0.2, 0.25) is 0 Å². The molecule has 4 aliphatic rings. The molecule has 0 spiro atoms. The predicted octanol–water partition coefficient (Wildman–Crippen LogP) is 5.14. The van der Waals surface area contributed by atoms with Gasteiger partial charge in [-0.15, -0.1) is 0 Å². The molecule has 0 aliphatic heterocycles. The monoisotopic (exact) mass is 378 g/mol. The van der Waals surface area contributed by atoms with Crippen LogP contribution in [0.4, 0.5) is 0 Å². The largest absolute Gasteiger partial charge is 0.456 e. The highest BCUT2D eigenvalue weighted by Crippen LogP contribution is 2.62. The number of hydrogen-bond donors (Lipinski definition) is 0. The maximum absolute atomic E-state index is 12.7. The highest BCUT2D eigenvalue weighted by Gasteiger charge is 2.60. The fraction of sp³-hybridized carbons (Fsp3) is 0.913. The molecule has 0 atom stereocenters. The molecule has 0 unspecified atom stereocenters. The minimum Gasteiger partial charge on any atom is -0.456 e. The lowest BCUT2D eigenvalue weighted by atomic mass is 9.48. The van der Waals surface area contributed by atoms with Crippen LogP contribution in [-0.2, 0) is 19.1 Å². The molecular formula is C23H38O4. The van der Waals surface area contributed by atoms with Crippen molar-refractivity contribution in [2.24, 2.45) is 34.5 Å². The fourth-order valence-electron chi connectivity index (χ4n) is 6.01. The van der Waals surface area contributed by atoms with Gasteiger partial charge in [-0.1, -0.05) is 27.7 Å². The second-order valence-corrected chi connectivity index (χ2v) is 11.3. The SMILES string of the molecule is CCC(C)(C)C(=O)OCC(=O)OC1(CC(C)(C)C)C2CC3CC(C2)CC1C3. The maximum atomic E-state index is 12.7. The Labute approximate surface area is 164 Å². The number of esters is 2. The second-order valence-electron chi connectivity index (χ2n) is 11.3. The topological polar surface area (TPSA) is 52.6 Å². The summed E-state index contributed by atoms with van der Waals surface area (Å²) in [4.78, 5) is 25.0. The Morgan fingerprint density at radius 2 is 1.44 bits per heavy atom. The highest BCUT2D eigenvalue weighted by molar-refractivity contribution is 5.80. The van der Waals surface area contributed by atoms with Gasteiger partial charge in [0, 0.05) is 0 Å². The summed E-state index contributed by atoms with van der Waals surface area (Å²) in [7, 11) is 0. The first-order valence-corrected chi connectivity index (χ1v) is 10.8. The molecule has 4 fully saturated rings. The minimum atomic E-state index is -0.563. The van der Waals surface area contributed by atoms with Gasteiger partial charge < -0.3 is 9.47 Å². The minimum absolute atomic E-state index is 0.0938. The van der Waals surface area contributed by atoms with Gasteiger partial charge in [-0.2, -0.15) is 0 Å². The number of ether oxygens (including phenoxy) is 2. The zero-order valence-corrected chi connectivity index (χ0v) is 18.1. The van der Waals surface area contributed by atoms with Crippen LogP contribution >= 0.6 is 0 Å². The van der Waals surface area contributed by atoms with E-state index in [0.717, 1.165) is 18.3 Å². The molecule has 0 heterocycles. The van der Waals surface area contributed by atoms with E-state index in [1.165, 1.54) is 32.1 Å². The van der Waals surface area contributed by atoms with Crippen LogP contribution in [0.5, 0.6) is 0 Å². The molecule has 0 aromatic heterocycles. The molecule has 0 N–H and O–H groups in total. The summed E-state index contributed by atoms with van der Waals surface area (Å²) < 4.78 is 11.6. The normalized spacial score (nSPS) is 35.2. The van der Waals surface area contributed by atoms with E-state index < -0.39 is 5.41 Å². The van der Waals surface area contributed by atoms with E-state index >= 15 is 0 Å². The zero-order chi connectivity index (χ0) is 20.0. The van der Waals surface area contributed by atoms with Gasteiger partial charge >= 0.3 is 11.9 Å². The predicted molar refractivity (Wildman–Crippen MR) is 105 cm³/mol. The Balaban J connectivity index is 1.72. The van der Waals surface area contributed by atoms with Crippen molar-refractivity contribution in [2.45, 2.75) is 92.1 Å². The first-order chi connectivity index (χ1) is 12.4. The smallest absolute Gasteiger partial charge is 0.344 e.